The number of alkyl halides is 1. The first-order chi connectivity index (χ1) is 7.90. The van der Waals surface area contributed by atoms with Gasteiger partial charge in [-0.3, -0.25) is 4.79 Å². The van der Waals surface area contributed by atoms with Crippen molar-refractivity contribution in [3.8, 4) is 0 Å². The Kier molecular flexibility index (Phi) is 5.00. The van der Waals surface area contributed by atoms with Gasteiger partial charge in [-0.15, -0.1) is 0 Å². The van der Waals surface area contributed by atoms with E-state index in [1.165, 1.54) is 5.56 Å². The summed E-state index contributed by atoms with van der Waals surface area (Å²) in [5, 5.41) is 3.86. The highest BCUT2D eigenvalue weighted by molar-refractivity contribution is 9.08. The number of halogens is 1. The van der Waals surface area contributed by atoms with Gasteiger partial charge >= 0.3 is 5.97 Å². The largest absolute Gasteiger partial charge is 0.459 e. The van der Waals surface area contributed by atoms with Gasteiger partial charge in [0.2, 0.25) is 0 Å². The quantitative estimate of drug-likeness (QED) is 0.684. The summed E-state index contributed by atoms with van der Waals surface area (Å²) in [6, 6.07) is 7.90. The van der Waals surface area contributed by atoms with Crippen molar-refractivity contribution in [1.82, 2.24) is 0 Å². The van der Waals surface area contributed by atoms with Crippen LogP contribution in [0.3, 0.4) is 0 Å². The van der Waals surface area contributed by atoms with E-state index in [1.54, 1.807) is 0 Å². The molecular weight excluding hydrogens is 282 g/mol. The summed E-state index contributed by atoms with van der Waals surface area (Å²) in [6.07, 6.45) is 0. The molecule has 0 amide bonds. The molecule has 1 aromatic rings. The van der Waals surface area contributed by atoms with E-state index in [2.05, 4.69) is 21.2 Å². The molecule has 0 aliphatic heterocycles. The van der Waals surface area contributed by atoms with Crippen molar-refractivity contribution in [2.75, 3.05) is 11.9 Å². The van der Waals surface area contributed by atoms with Crippen molar-refractivity contribution in [3.05, 3.63) is 29.8 Å². The maximum atomic E-state index is 11.5. The Hall–Kier alpha value is -1.03. The molecule has 1 rings (SSSR count). The highest BCUT2D eigenvalue weighted by atomic mass is 79.9. The molecule has 0 saturated heterocycles. The number of benzene rings is 1. The van der Waals surface area contributed by atoms with Crippen LogP contribution in [-0.2, 0) is 14.9 Å². The van der Waals surface area contributed by atoms with Gasteiger partial charge in [0.25, 0.3) is 0 Å². The summed E-state index contributed by atoms with van der Waals surface area (Å²) in [6.45, 7) is 5.76. The van der Waals surface area contributed by atoms with Crippen molar-refractivity contribution in [1.29, 1.82) is 0 Å². The average molecular weight is 300 g/mol. The highest BCUT2D eigenvalue weighted by Gasteiger charge is 2.15. The fraction of sp³-hybridized carbons (Fsp3) is 0.462. The summed E-state index contributed by atoms with van der Waals surface area (Å²) in [7, 11) is 0. The minimum Gasteiger partial charge on any atom is -0.459 e. The molecule has 0 spiro atoms. The summed E-state index contributed by atoms with van der Waals surface area (Å²) >= 11 is 3.38. The van der Waals surface area contributed by atoms with E-state index in [9.17, 15) is 4.79 Å². The van der Waals surface area contributed by atoms with Gasteiger partial charge in [-0.1, -0.05) is 28.1 Å². The maximum Gasteiger partial charge on any atom is 0.325 e. The van der Waals surface area contributed by atoms with Crippen molar-refractivity contribution in [2.24, 2.45) is 0 Å². The topological polar surface area (TPSA) is 38.3 Å². The van der Waals surface area contributed by atoms with Gasteiger partial charge < -0.3 is 10.1 Å². The van der Waals surface area contributed by atoms with E-state index in [4.69, 9.17) is 4.74 Å². The van der Waals surface area contributed by atoms with Gasteiger partial charge in [-0.2, -0.15) is 0 Å². The second-order valence-electron chi connectivity index (χ2n) is 4.77. The molecule has 1 N–H and O–H groups in total. The zero-order chi connectivity index (χ0) is 12.9. The number of carbonyl (C=O) groups is 1. The van der Waals surface area contributed by atoms with Crippen LogP contribution in [0.4, 0.5) is 5.69 Å². The van der Waals surface area contributed by atoms with Gasteiger partial charge in [-0.05, 0) is 38.5 Å². The van der Waals surface area contributed by atoms with Crippen LogP contribution in [0.2, 0.25) is 0 Å². The van der Waals surface area contributed by atoms with Crippen LogP contribution in [0.15, 0.2) is 24.3 Å². The monoisotopic (exact) mass is 299 g/mol. The third-order valence-corrected chi connectivity index (χ3v) is 2.61. The Balaban J connectivity index is 2.42. The van der Waals surface area contributed by atoms with Gasteiger partial charge in [0.15, 0.2) is 0 Å². The van der Waals surface area contributed by atoms with Gasteiger partial charge in [-0.25, -0.2) is 0 Å². The minimum absolute atomic E-state index is 0.185. The zero-order valence-electron chi connectivity index (χ0n) is 10.4. The van der Waals surface area contributed by atoms with E-state index >= 15 is 0 Å². The Morgan fingerprint density at radius 1 is 1.29 bits per heavy atom. The number of carbonyl (C=O) groups excluding carboxylic acids is 1. The molecule has 94 valence electrons. The third-order valence-electron chi connectivity index (χ3n) is 1.97. The SMILES string of the molecule is CC(C)(C)OC(=O)CNc1ccc(CBr)cc1. The van der Waals surface area contributed by atoms with E-state index in [1.807, 2.05) is 45.0 Å². The molecule has 0 bridgehead atoms. The second kappa shape index (κ2) is 6.05. The summed E-state index contributed by atoms with van der Waals surface area (Å²) in [5.41, 5.74) is 1.69. The molecule has 0 saturated carbocycles. The second-order valence-corrected chi connectivity index (χ2v) is 5.33. The van der Waals surface area contributed by atoms with Crippen LogP contribution in [-0.4, -0.2) is 18.1 Å². The fourth-order valence-electron chi connectivity index (χ4n) is 1.26. The van der Waals surface area contributed by atoms with Gasteiger partial charge in [0, 0.05) is 11.0 Å². The van der Waals surface area contributed by atoms with Crippen LogP contribution in [0, 0.1) is 0 Å². The van der Waals surface area contributed by atoms with E-state index in [0.29, 0.717) is 0 Å². The van der Waals surface area contributed by atoms with Crippen molar-refractivity contribution < 1.29 is 9.53 Å². The number of esters is 1. The van der Waals surface area contributed by atoms with E-state index in [0.717, 1.165) is 11.0 Å². The molecule has 0 radical (unpaired) electrons. The number of hydrogen-bond acceptors (Lipinski definition) is 3. The van der Waals surface area contributed by atoms with E-state index < -0.39 is 5.60 Å². The number of anilines is 1. The first-order valence-corrected chi connectivity index (χ1v) is 6.63. The lowest BCUT2D eigenvalue weighted by molar-refractivity contribution is -0.152. The van der Waals surface area contributed by atoms with Crippen LogP contribution in [0.5, 0.6) is 0 Å². The molecule has 0 aliphatic carbocycles. The normalized spacial score (nSPS) is 11.1. The molecular formula is C13H18BrNO2. The van der Waals surface area contributed by atoms with Gasteiger partial charge in [0.1, 0.15) is 12.1 Å². The van der Waals surface area contributed by atoms with Crippen LogP contribution in [0.25, 0.3) is 0 Å². The Labute approximate surface area is 111 Å². The number of ether oxygens (including phenoxy) is 1. The smallest absolute Gasteiger partial charge is 0.325 e. The molecule has 0 atom stereocenters. The fourth-order valence-corrected chi connectivity index (χ4v) is 1.64. The van der Waals surface area contributed by atoms with Crippen LogP contribution < -0.4 is 5.32 Å². The number of rotatable bonds is 4. The molecule has 4 heteroatoms. The molecule has 0 aliphatic rings. The Morgan fingerprint density at radius 3 is 2.35 bits per heavy atom. The lowest BCUT2D eigenvalue weighted by Crippen LogP contribution is -2.28. The first kappa shape index (κ1) is 14.0. The first-order valence-electron chi connectivity index (χ1n) is 5.51. The predicted octanol–water partition coefficient (Wildman–Crippen LogP) is 3.34. The molecule has 17 heavy (non-hydrogen) atoms. The lowest BCUT2D eigenvalue weighted by Gasteiger charge is -2.19. The molecule has 0 fully saturated rings. The van der Waals surface area contributed by atoms with Gasteiger partial charge in [0.05, 0.1) is 0 Å². The lowest BCUT2D eigenvalue weighted by atomic mass is 10.2. The summed E-state index contributed by atoms with van der Waals surface area (Å²) < 4.78 is 5.20. The Morgan fingerprint density at radius 2 is 1.88 bits per heavy atom. The maximum absolute atomic E-state index is 11.5. The highest BCUT2D eigenvalue weighted by Crippen LogP contribution is 2.12. The molecule has 0 unspecified atom stereocenters. The third kappa shape index (κ3) is 5.73. The zero-order valence-corrected chi connectivity index (χ0v) is 12.0. The van der Waals surface area contributed by atoms with Crippen molar-refractivity contribution >= 4 is 27.6 Å². The standard InChI is InChI=1S/C13H18BrNO2/c1-13(2,3)17-12(16)9-15-11-6-4-10(8-14)5-7-11/h4-7,15H,8-9H2,1-3H3. The molecule has 0 heterocycles. The molecule has 1 aromatic carbocycles. The minimum atomic E-state index is -0.432. The predicted molar refractivity (Wildman–Crippen MR) is 73.4 cm³/mol. The van der Waals surface area contributed by atoms with Crippen molar-refractivity contribution in [2.45, 2.75) is 31.7 Å². The van der Waals surface area contributed by atoms with Crippen LogP contribution in [0.1, 0.15) is 26.3 Å². The molecule has 0 aromatic heterocycles. The number of hydrogen-bond donors (Lipinski definition) is 1. The average Bonchev–Trinajstić information content (AvgIpc) is 2.25. The molecule has 3 nitrogen and oxygen atoms in total. The number of nitrogens with one attached hydrogen (secondary N) is 1. The summed E-state index contributed by atoms with van der Waals surface area (Å²) in [4.78, 5) is 11.5. The van der Waals surface area contributed by atoms with E-state index in [-0.39, 0.29) is 12.5 Å². The Bertz CT molecular complexity index is 368. The van der Waals surface area contributed by atoms with Crippen LogP contribution >= 0.6 is 15.9 Å². The van der Waals surface area contributed by atoms with Crippen molar-refractivity contribution in [3.63, 3.8) is 0 Å². The summed E-state index contributed by atoms with van der Waals surface area (Å²) in [5.74, 6) is -0.248.